The summed E-state index contributed by atoms with van der Waals surface area (Å²) in [5.74, 6) is 0. The minimum absolute atomic E-state index is 0.157. The van der Waals surface area contributed by atoms with Gasteiger partial charge in [0, 0.05) is 33.4 Å². The first-order chi connectivity index (χ1) is 19.0. The molecular weight excluding hydrogens is 488 g/mol. The average Bonchev–Trinajstić information content (AvgIpc) is 3.30. The Balaban J connectivity index is 1.58. The number of fused-ring (bicyclic) bond motifs is 8. The van der Waals surface area contributed by atoms with Gasteiger partial charge in [0.1, 0.15) is 16.7 Å². The summed E-state index contributed by atoms with van der Waals surface area (Å²) in [6.07, 6.45) is 3.99. The maximum Gasteiger partial charge on any atom is 0.144 e. The highest BCUT2D eigenvalue weighted by Gasteiger charge is 2.44. The molecule has 0 bridgehead atoms. The van der Waals surface area contributed by atoms with E-state index >= 15 is 0 Å². The fraction of sp³-hybridized carbons (Fsp3) is 0.270. The lowest BCUT2D eigenvalue weighted by atomic mass is 9.68. The fourth-order valence-electron chi connectivity index (χ4n) is 6.20. The van der Waals surface area contributed by atoms with E-state index in [0.29, 0.717) is 0 Å². The molecule has 0 saturated carbocycles. The summed E-state index contributed by atoms with van der Waals surface area (Å²) in [5.41, 5.74) is 7.35. The van der Waals surface area contributed by atoms with Crippen molar-refractivity contribution < 1.29 is 4.42 Å². The molecule has 1 N–H and O–H groups in total. The van der Waals surface area contributed by atoms with Gasteiger partial charge in [-0.25, -0.2) is 0 Å². The SMILES string of the molecule is C=C(C)/C(C)=N/C1(C)C(=C)N/C(=C\C)c2c(ccc3c2oc2cc4c(ccc5ccccc54)cc23)CCC1(C)C. The van der Waals surface area contributed by atoms with Gasteiger partial charge in [-0.1, -0.05) is 81.6 Å². The monoisotopic (exact) mass is 526 g/mol. The summed E-state index contributed by atoms with van der Waals surface area (Å²) in [6.45, 7) is 21.6. The quantitative estimate of drug-likeness (QED) is 0.183. The molecule has 2 heterocycles. The van der Waals surface area contributed by atoms with E-state index in [1.54, 1.807) is 0 Å². The molecule has 1 atom stereocenters. The topological polar surface area (TPSA) is 37.5 Å². The van der Waals surface area contributed by atoms with Crippen molar-refractivity contribution >= 4 is 54.9 Å². The number of aryl methyl sites for hydroxylation is 1. The molecule has 0 fully saturated rings. The molecule has 0 radical (unpaired) electrons. The summed E-state index contributed by atoms with van der Waals surface area (Å²) in [4.78, 5) is 5.23. The lowest BCUT2D eigenvalue weighted by molar-refractivity contribution is 0.200. The van der Waals surface area contributed by atoms with Crippen LogP contribution in [0.3, 0.4) is 0 Å². The van der Waals surface area contributed by atoms with E-state index in [4.69, 9.17) is 9.41 Å². The molecule has 0 aliphatic carbocycles. The summed E-state index contributed by atoms with van der Waals surface area (Å²) < 4.78 is 6.76. The highest BCUT2D eigenvalue weighted by atomic mass is 16.3. The summed E-state index contributed by atoms with van der Waals surface area (Å²) in [5, 5.41) is 10.9. The second kappa shape index (κ2) is 9.23. The van der Waals surface area contributed by atoms with Gasteiger partial charge in [-0.05, 0) is 90.8 Å². The van der Waals surface area contributed by atoms with Crippen molar-refractivity contribution in [3.63, 3.8) is 0 Å². The molecule has 1 aliphatic rings. The molecule has 202 valence electrons. The number of nitrogens with zero attached hydrogens (tertiary/aromatic N) is 1. The van der Waals surface area contributed by atoms with E-state index in [1.165, 1.54) is 27.1 Å². The molecule has 1 unspecified atom stereocenters. The van der Waals surface area contributed by atoms with Gasteiger partial charge in [0.2, 0.25) is 0 Å². The first-order valence-electron chi connectivity index (χ1n) is 14.2. The zero-order valence-corrected chi connectivity index (χ0v) is 24.5. The predicted octanol–water partition coefficient (Wildman–Crippen LogP) is 10.1. The van der Waals surface area contributed by atoms with Crippen LogP contribution in [-0.2, 0) is 6.42 Å². The Kier molecular flexibility index (Phi) is 6.03. The van der Waals surface area contributed by atoms with Crippen LogP contribution < -0.4 is 5.32 Å². The van der Waals surface area contributed by atoms with Gasteiger partial charge in [0.15, 0.2) is 0 Å². The molecular formula is C37H38N2O. The Labute approximate surface area is 237 Å². The number of hydrogen-bond acceptors (Lipinski definition) is 3. The van der Waals surface area contributed by atoms with Gasteiger partial charge in [0.05, 0.1) is 0 Å². The molecule has 1 aliphatic heterocycles. The minimum atomic E-state index is -0.530. The molecule has 0 spiro atoms. The Morgan fingerprint density at radius 1 is 0.925 bits per heavy atom. The minimum Gasteiger partial charge on any atom is -0.455 e. The second-order valence-electron chi connectivity index (χ2n) is 12.2. The molecule has 0 amide bonds. The summed E-state index contributed by atoms with van der Waals surface area (Å²) >= 11 is 0. The first kappa shape index (κ1) is 26.1. The number of benzene rings is 4. The van der Waals surface area contributed by atoms with Gasteiger partial charge in [-0.15, -0.1) is 0 Å². The summed E-state index contributed by atoms with van der Waals surface area (Å²) in [7, 11) is 0. The standard InChI is InChI=1S/C37H38N2O/c1-9-32-34-26(18-19-36(6,7)37(8,24(5)38-32)39-23(4)22(2)3)16-17-29-31-20-27-15-14-25-12-10-11-13-28(25)30(27)21-33(31)40-35(29)34/h9-17,20-21,38H,2,5,18-19H2,1,3-4,6-8H3/b32-9-,39-23+. The van der Waals surface area contributed by atoms with Gasteiger partial charge in [-0.3, -0.25) is 4.99 Å². The molecule has 1 aromatic heterocycles. The predicted molar refractivity (Wildman–Crippen MR) is 173 cm³/mol. The van der Waals surface area contributed by atoms with Crippen LogP contribution in [-0.4, -0.2) is 11.3 Å². The van der Waals surface area contributed by atoms with Crippen molar-refractivity contribution in [2.24, 2.45) is 10.4 Å². The molecule has 0 saturated heterocycles. The van der Waals surface area contributed by atoms with Crippen molar-refractivity contribution in [1.82, 2.24) is 5.32 Å². The number of furan rings is 1. The van der Waals surface area contributed by atoms with Crippen LogP contribution >= 0.6 is 0 Å². The number of aliphatic imine (C=N–C) groups is 1. The smallest absolute Gasteiger partial charge is 0.144 e. The van der Waals surface area contributed by atoms with Crippen molar-refractivity contribution in [3.05, 3.63) is 102 Å². The first-order valence-corrected chi connectivity index (χ1v) is 14.2. The fourth-order valence-corrected chi connectivity index (χ4v) is 6.20. The Hall–Kier alpha value is -4.11. The molecule has 6 rings (SSSR count). The van der Waals surface area contributed by atoms with Gasteiger partial charge >= 0.3 is 0 Å². The van der Waals surface area contributed by atoms with Crippen LogP contribution in [0, 0.1) is 5.41 Å². The Morgan fingerprint density at radius 2 is 1.68 bits per heavy atom. The van der Waals surface area contributed by atoms with Crippen LogP contribution in [0.25, 0.3) is 49.2 Å². The zero-order valence-electron chi connectivity index (χ0n) is 24.5. The normalized spacial score (nSPS) is 20.9. The van der Waals surface area contributed by atoms with E-state index in [-0.39, 0.29) is 5.41 Å². The number of nitrogens with one attached hydrogen (secondary N) is 1. The van der Waals surface area contributed by atoms with Crippen LogP contribution in [0.1, 0.15) is 59.1 Å². The maximum atomic E-state index is 6.76. The third kappa shape index (κ3) is 3.91. The number of allylic oxidation sites excluding steroid dienone is 2. The third-order valence-electron chi connectivity index (χ3n) is 9.37. The number of hydrogen-bond donors (Lipinski definition) is 1. The van der Waals surface area contributed by atoms with Crippen molar-refractivity contribution in [1.29, 1.82) is 0 Å². The second-order valence-corrected chi connectivity index (χ2v) is 12.2. The van der Waals surface area contributed by atoms with Gasteiger partial charge in [0.25, 0.3) is 0 Å². The van der Waals surface area contributed by atoms with Crippen molar-refractivity contribution in [2.75, 3.05) is 0 Å². The molecule has 5 aromatic rings. The van der Waals surface area contributed by atoms with Crippen LogP contribution in [0.2, 0.25) is 0 Å². The number of rotatable bonds is 2. The Morgan fingerprint density at radius 3 is 2.42 bits per heavy atom. The highest BCUT2D eigenvalue weighted by molar-refractivity contribution is 6.17. The largest absolute Gasteiger partial charge is 0.455 e. The highest BCUT2D eigenvalue weighted by Crippen LogP contribution is 2.46. The van der Waals surface area contributed by atoms with E-state index in [2.05, 4.69) is 113 Å². The molecule has 4 aromatic carbocycles. The average molecular weight is 527 g/mol. The maximum absolute atomic E-state index is 6.76. The zero-order chi connectivity index (χ0) is 28.4. The van der Waals surface area contributed by atoms with E-state index in [9.17, 15) is 0 Å². The lowest BCUT2D eigenvalue weighted by Crippen LogP contribution is -2.46. The van der Waals surface area contributed by atoms with E-state index in [1.807, 2.05) is 13.8 Å². The van der Waals surface area contributed by atoms with Gasteiger partial charge < -0.3 is 9.73 Å². The van der Waals surface area contributed by atoms with Crippen molar-refractivity contribution in [2.45, 2.75) is 59.9 Å². The van der Waals surface area contributed by atoms with Crippen molar-refractivity contribution in [3.8, 4) is 0 Å². The van der Waals surface area contributed by atoms with E-state index < -0.39 is 5.54 Å². The van der Waals surface area contributed by atoms with E-state index in [0.717, 1.165) is 63.0 Å². The van der Waals surface area contributed by atoms with Crippen LogP contribution in [0.4, 0.5) is 0 Å². The van der Waals surface area contributed by atoms with Crippen LogP contribution in [0.5, 0.6) is 0 Å². The Bertz CT molecular complexity index is 1930. The van der Waals surface area contributed by atoms with Gasteiger partial charge in [-0.2, -0.15) is 0 Å². The summed E-state index contributed by atoms with van der Waals surface area (Å²) in [6, 6.07) is 22.0. The molecule has 3 heteroatoms. The lowest BCUT2D eigenvalue weighted by Gasteiger charge is -2.43. The molecule has 40 heavy (non-hydrogen) atoms. The third-order valence-corrected chi connectivity index (χ3v) is 9.37. The molecule has 3 nitrogen and oxygen atoms in total. The van der Waals surface area contributed by atoms with Crippen LogP contribution in [0.15, 0.2) is 101 Å².